The summed E-state index contributed by atoms with van der Waals surface area (Å²) in [6.45, 7) is 4.33. The highest BCUT2D eigenvalue weighted by molar-refractivity contribution is 6.22. The molecule has 220 valence electrons. The molecule has 1 saturated carbocycles. The van der Waals surface area contributed by atoms with E-state index in [1.165, 1.54) is 109 Å². The Bertz CT molecular complexity index is 2050. The molecule has 1 unspecified atom stereocenters. The molecule has 0 saturated heterocycles. The van der Waals surface area contributed by atoms with Crippen LogP contribution in [0.3, 0.4) is 0 Å². The van der Waals surface area contributed by atoms with E-state index in [1.807, 2.05) is 18.2 Å². The molecule has 0 bridgehead atoms. The molecule has 0 N–H and O–H groups in total. The van der Waals surface area contributed by atoms with E-state index in [0.717, 1.165) is 12.8 Å². The average Bonchev–Trinajstić information content (AvgIpc) is 3.44. The van der Waals surface area contributed by atoms with E-state index in [4.69, 9.17) is 0 Å². The van der Waals surface area contributed by atoms with E-state index in [0.29, 0.717) is 5.92 Å². The number of aryl methyl sites for hydroxylation is 2. The highest BCUT2D eigenvalue weighted by atomic mass is 14.4. The Morgan fingerprint density at radius 3 is 2.07 bits per heavy atom. The zero-order valence-electron chi connectivity index (χ0n) is 26.4. The second-order valence-electron chi connectivity index (χ2n) is 13.0. The topological polar surface area (TPSA) is 0 Å². The second kappa shape index (κ2) is 11.7. The number of hydrogen-bond donors (Lipinski definition) is 0. The first kappa shape index (κ1) is 27.8. The molecule has 1 atom stereocenters. The highest BCUT2D eigenvalue weighted by Gasteiger charge is 2.39. The first-order valence-electron chi connectivity index (χ1n) is 16.8. The van der Waals surface area contributed by atoms with Crippen molar-refractivity contribution in [2.75, 3.05) is 0 Å². The van der Waals surface area contributed by atoms with E-state index in [9.17, 15) is 0 Å². The van der Waals surface area contributed by atoms with Gasteiger partial charge in [0, 0.05) is 5.92 Å². The van der Waals surface area contributed by atoms with Crippen LogP contribution in [0.5, 0.6) is 0 Å². The second-order valence-corrected chi connectivity index (χ2v) is 13.0. The van der Waals surface area contributed by atoms with Crippen LogP contribution in [0.1, 0.15) is 77.8 Å². The third kappa shape index (κ3) is 4.67. The SMILES string of the molecule is C1CCC1.Cc1ccc2c3c(cccc13)-c1c-2c(C2=CC=CCC2)c2c3c1-c1ccccc1C3C=CC=C2.Cc1ccccc1. The van der Waals surface area contributed by atoms with Gasteiger partial charge in [-0.05, 0) is 104 Å². The Kier molecular flexibility index (Phi) is 7.22. The van der Waals surface area contributed by atoms with Gasteiger partial charge >= 0.3 is 0 Å². The zero-order valence-corrected chi connectivity index (χ0v) is 26.4. The van der Waals surface area contributed by atoms with Crippen LogP contribution in [0.2, 0.25) is 0 Å². The highest BCUT2D eigenvalue weighted by Crippen LogP contribution is 2.61. The standard InChI is InChI=1S/C34H24.C7H8.C4H8/c1-20-18-19-28-30-22(20)16-9-17-27(30)34-32-25-14-6-5-12-23(25)24-13-7-8-15-26(31(24)32)29(33(28)34)21-10-3-2-4-11-21;1-7-5-3-2-4-6-7;1-2-4-3-1/h2-3,5-10,12-19,24H,4,11H2,1H3;2-6H,1H3;1-4H2. The normalized spacial score (nSPS) is 17.1. The summed E-state index contributed by atoms with van der Waals surface area (Å²) in [7, 11) is 0. The minimum absolute atomic E-state index is 0.310. The summed E-state index contributed by atoms with van der Waals surface area (Å²) in [4.78, 5) is 0. The number of rotatable bonds is 1. The van der Waals surface area contributed by atoms with Gasteiger partial charge in [0.05, 0.1) is 0 Å². The van der Waals surface area contributed by atoms with Crippen LogP contribution in [0.15, 0.2) is 121 Å². The number of allylic oxidation sites excluding steroid dienone is 7. The molecule has 0 nitrogen and oxygen atoms in total. The lowest BCUT2D eigenvalue weighted by Gasteiger charge is -2.24. The Balaban J connectivity index is 0.000000232. The van der Waals surface area contributed by atoms with Crippen molar-refractivity contribution in [2.45, 2.75) is 58.3 Å². The molecular weight excluding hydrogens is 540 g/mol. The van der Waals surface area contributed by atoms with E-state index in [2.05, 4.69) is 123 Å². The summed E-state index contributed by atoms with van der Waals surface area (Å²) in [5.41, 5.74) is 18.5. The Hall–Kier alpha value is -4.68. The summed E-state index contributed by atoms with van der Waals surface area (Å²) in [5, 5.41) is 2.82. The van der Waals surface area contributed by atoms with Crippen LogP contribution in [0.4, 0.5) is 0 Å². The molecule has 10 rings (SSSR count). The molecule has 0 amide bonds. The first-order valence-corrected chi connectivity index (χ1v) is 16.8. The third-order valence-electron chi connectivity index (χ3n) is 10.2. The summed E-state index contributed by atoms with van der Waals surface area (Å²) in [6, 6.07) is 30.9. The quantitative estimate of drug-likeness (QED) is 0.181. The van der Waals surface area contributed by atoms with Gasteiger partial charge in [-0.15, -0.1) is 0 Å². The summed E-state index contributed by atoms with van der Waals surface area (Å²) in [6.07, 6.45) is 24.4. The monoisotopic (exact) mass is 580 g/mol. The van der Waals surface area contributed by atoms with Crippen molar-refractivity contribution < 1.29 is 0 Å². The smallest absolute Gasteiger partial charge is 0.0291 e. The maximum absolute atomic E-state index is 2.40. The van der Waals surface area contributed by atoms with Crippen molar-refractivity contribution >= 4 is 22.4 Å². The zero-order chi connectivity index (χ0) is 30.3. The predicted octanol–water partition coefficient (Wildman–Crippen LogP) is 12.8. The van der Waals surface area contributed by atoms with Gasteiger partial charge in [-0.2, -0.15) is 0 Å². The minimum atomic E-state index is 0.310. The lowest BCUT2D eigenvalue weighted by Crippen LogP contribution is -2.03. The Morgan fingerprint density at radius 2 is 1.33 bits per heavy atom. The predicted molar refractivity (Wildman–Crippen MR) is 195 cm³/mol. The average molecular weight is 581 g/mol. The van der Waals surface area contributed by atoms with Crippen LogP contribution in [-0.2, 0) is 0 Å². The van der Waals surface area contributed by atoms with Crippen LogP contribution >= 0.6 is 0 Å². The number of benzene rings is 5. The van der Waals surface area contributed by atoms with Crippen molar-refractivity contribution in [3.8, 4) is 33.4 Å². The minimum Gasteiger partial charge on any atom is -0.0842 e. The van der Waals surface area contributed by atoms with Crippen molar-refractivity contribution in [1.82, 2.24) is 0 Å². The summed E-state index contributed by atoms with van der Waals surface area (Å²) >= 11 is 0. The number of hydrogen-bond acceptors (Lipinski definition) is 0. The molecule has 5 aromatic rings. The van der Waals surface area contributed by atoms with E-state index in [-0.39, 0.29) is 0 Å². The summed E-state index contributed by atoms with van der Waals surface area (Å²) in [5.74, 6) is 0.310. The molecule has 0 heteroatoms. The van der Waals surface area contributed by atoms with E-state index < -0.39 is 0 Å². The fourth-order valence-electron chi connectivity index (χ4n) is 7.68. The van der Waals surface area contributed by atoms with Gasteiger partial charge in [0.2, 0.25) is 0 Å². The van der Waals surface area contributed by atoms with E-state index in [1.54, 1.807) is 0 Å². The van der Waals surface area contributed by atoms with Gasteiger partial charge in [-0.25, -0.2) is 0 Å². The molecule has 5 aliphatic carbocycles. The van der Waals surface area contributed by atoms with Gasteiger partial charge in [-0.3, -0.25) is 0 Å². The van der Waals surface area contributed by atoms with Crippen molar-refractivity contribution in [3.63, 3.8) is 0 Å². The van der Waals surface area contributed by atoms with Crippen molar-refractivity contribution in [1.29, 1.82) is 0 Å². The lowest BCUT2D eigenvalue weighted by molar-refractivity contribution is 0.504. The maximum Gasteiger partial charge on any atom is 0.0291 e. The van der Waals surface area contributed by atoms with Gasteiger partial charge in [-0.1, -0.05) is 159 Å². The van der Waals surface area contributed by atoms with Crippen LogP contribution < -0.4 is 0 Å². The van der Waals surface area contributed by atoms with Gasteiger partial charge < -0.3 is 0 Å². The first-order chi connectivity index (χ1) is 22.2. The van der Waals surface area contributed by atoms with Crippen LogP contribution in [0.25, 0.3) is 55.8 Å². The lowest BCUT2D eigenvalue weighted by atomic mass is 9.79. The molecule has 5 aromatic carbocycles. The van der Waals surface area contributed by atoms with Crippen LogP contribution in [-0.4, -0.2) is 0 Å². The molecule has 0 radical (unpaired) electrons. The molecule has 45 heavy (non-hydrogen) atoms. The summed E-state index contributed by atoms with van der Waals surface area (Å²) < 4.78 is 0. The number of fused-ring (bicyclic) bond motifs is 7. The van der Waals surface area contributed by atoms with Gasteiger partial charge in [0.1, 0.15) is 0 Å². The Morgan fingerprint density at radius 1 is 0.600 bits per heavy atom. The molecule has 0 aromatic heterocycles. The van der Waals surface area contributed by atoms with Crippen molar-refractivity contribution in [3.05, 3.63) is 155 Å². The van der Waals surface area contributed by atoms with Crippen molar-refractivity contribution in [2.24, 2.45) is 0 Å². The largest absolute Gasteiger partial charge is 0.0842 e. The molecule has 0 heterocycles. The van der Waals surface area contributed by atoms with Gasteiger partial charge in [0.15, 0.2) is 0 Å². The molecular formula is C45H40. The maximum atomic E-state index is 2.40. The third-order valence-corrected chi connectivity index (χ3v) is 10.2. The van der Waals surface area contributed by atoms with Crippen LogP contribution in [0, 0.1) is 13.8 Å². The Labute approximate surface area is 268 Å². The molecule has 0 aliphatic heterocycles. The van der Waals surface area contributed by atoms with E-state index >= 15 is 0 Å². The fraction of sp³-hybridized carbons (Fsp3) is 0.200. The molecule has 0 spiro atoms. The fourth-order valence-corrected chi connectivity index (χ4v) is 7.68. The molecule has 5 aliphatic rings. The molecule has 1 fully saturated rings. The van der Waals surface area contributed by atoms with Gasteiger partial charge in [0.25, 0.3) is 0 Å².